The maximum Gasteiger partial charge on any atom is 0.295 e. The van der Waals surface area contributed by atoms with E-state index in [1.807, 2.05) is 24.4 Å². The number of ether oxygens (including phenoxy) is 2. The van der Waals surface area contributed by atoms with E-state index in [9.17, 15) is 14.7 Å². The molecule has 1 aliphatic heterocycles. The van der Waals surface area contributed by atoms with Crippen molar-refractivity contribution >= 4 is 28.8 Å². The van der Waals surface area contributed by atoms with E-state index in [4.69, 9.17) is 14.6 Å². The summed E-state index contributed by atoms with van der Waals surface area (Å²) in [5, 5.41) is 21.6. The number of hydrogen-bond donors (Lipinski definition) is 2. The average Bonchev–Trinajstić information content (AvgIpc) is 3.34. The van der Waals surface area contributed by atoms with Crippen molar-refractivity contribution in [3.8, 4) is 5.75 Å². The number of rotatable bonds is 9. The van der Waals surface area contributed by atoms with E-state index < -0.39 is 17.7 Å². The van der Waals surface area contributed by atoms with Gasteiger partial charge in [-0.25, -0.2) is 0 Å². The number of benzene rings is 1. The van der Waals surface area contributed by atoms with Gasteiger partial charge >= 0.3 is 0 Å². The van der Waals surface area contributed by atoms with Crippen molar-refractivity contribution in [3.63, 3.8) is 0 Å². The van der Waals surface area contributed by atoms with E-state index >= 15 is 0 Å². The van der Waals surface area contributed by atoms with Crippen molar-refractivity contribution in [1.82, 2.24) is 4.90 Å². The summed E-state index contributed by atoms with van der Waals surface area (Å²) in [5.74, 6) is -0.968. The molecule has 2 heterocycles. The quantitative estimate of drug-likeness (QED) is 0.282. The summed E-state index contributed by atoms with van der Waals surface area (Å²) < 4.78 is 10.7. The zero-order valence-corrected chi connectivity index (χ0v) is 16.9. The Morgan fingerprint density at radius 2 is 1.93 bits per heavy atom. The van der Waals surface area contributed by atoms with Crippen LogP contribution in [0.15, 0.2) is 47.4 Å². The Balaban J connectivity index is 1.97. The summed E-state index contributed by atoms with van der Waals surface area (Å²) in [5.41, 5.74) is 0.494. The molecule has 29 heavy (non-hydrogen) atoms. The highest BCUT2D eigenvalue weighted by Crippen LogP contribution is 2.40. The number of likely N-dealkylation sites (tertiary alicyclic amines) is 1. The maximum atomic E-state index is 12.8. The minimum atomic E-state index is -0.725. The van der Waals surface area contributed by atoms with Crippen molar-refractivity contribution in [2.75, 3.05) is 33.0 Å². The minimum absolute atomic E-state index is 0.0590. The van der Waals surface area contributed by atoms with E-state index in [0.29, 0.717) is 17.9 Å². The lowest BCUT2D eigenvalue weighted by Gasteiger charge is -2.24. The van der Waals surface area contributed by atoms with E-state index in [1.165, 1.54) is 16.2 Å². The third-order valence-corrected chi connectivity index (χ3v) is 5.43. The molecule has 0 bridgehead atoms. The molecule has 7 nitrogen and oxygen atoms in total. The van der Waals surface area contributed by atoms with Crippen LogP contribution >= 0.6 is 11.3 Å². The van der Waals surface area contributed by atoms with Crippen LogP contribution in [0.5, 0.6) is 5.75 Å². The lowest BCUT2D eigenvalue weighted by Crippen LogP contribution is -2.32. The van der Waals surface area contributed by atoms with Crippen LogP contribution in [-0.2, 0) is 14.3 Å². The Kier molecular flexibility index (Phi) is 7.03. The number of Topliss-reactive ketones (excluding diaryl/α,β-unsaturated/α-hetero) is 1. The highest BCUT2D eigenvalue weighted by molar-refractivity contribution is 7.10. The van der Waals surface area contributed by atoms with E-state index in [-0.39, 0.29) is 37.7 Å². The molecule has 1 saturated heterocycles. The third kappa shape index (κ3) is 4.50. The normalized spacial score (nSPS) is 18.4. The van der Waals surface area contributed by atoms with Gasteiger partial charge in [0.05, 0.1) is 38.0 Å². The van der Waals surface area contributed by atoms with Crippen LogP contribution in [0, 0.1) is 0 Å². The first-order valence-corrected chi connectivity index (χ1v) is 10.2. The summed E-state index contributed by atoms with van der Waals surface area (Å²) in [7, 11) is 0. The Hall–Kier alpha value is -2.68. The zero-order chi connectivity index (χ0) is 20.8. The van der Waals surface area contributed by atoms with Gasteiger partial charge in [0.15, 0.2) is 0 Å². The van der Waals surface area contributed by atoms with E-state index in [2.05, 4.69) is 0 Å². The fourth-order valence-corrected chi connectivity index (χ4v) is 4.06. The van der Waals surface area contributed by atoms with Crippen LogP contribution in [0.4, 0.5) is 0 Å². The highest BCUT2D eigenvalue weighted by atomic mass is 32.1. The second-order valence-corrected chi connectivity index (χ2v) is 7.28. The van der Waals surface area contributed by atoms with E-state index in [1.54, 1.807) is 24.3 Å². The lowest BCUT2D eigenvalue weighted by molar-refractivity contribution is -0.140. The van der Waals surface area contributed by atoms with Crippen LogP contribution in [-0.4, -0.2) is 59.8 Å². The molecule has 3 rings (SSSR count). The molecule has 1 aromatic heterocycles. The molecule has 1 aliphatic rings. The largest absolute Gasteiger partial charge is 0.507 e. The maximum absolute atomic E-state index is 12.8. The number of carbonyl (C=O) groups is 2. The lowest BCUT2D eigenvalue weighted by atomic mass is 10.00. The molecule has 0 radical (unpaired) electrons. The van der Waals surface area contributed by atoms with Crippen molar-refractivity contribution in [2.45, 2.75) is 13.0 Å². The molecule has 2 aromatic rings. The monoisotopic (exact) mass is 417 g/mol. The predicted octanol–water partition coefficient (Wildman–Crippen LogP) is 2.58. The number of hydrogen-bond acceptors (Lipinski definition) is 7. The van der Waals surface area contributed by atoms with Gasteiger partial charge in [0.2, 0.25) is 0 Å². The van der Waals surface area contributed by atoms with Crippen molar-refractivity contribution in [1.29, 1.82) is 0 Å². The Morgan fingerprint density at radius 3 is 2.55 bits per heavy atom. The van der Waals surface area contributed by atoms with Crippen LogP contribution in [0.1, 0.15) is 23.4 Å². The first kappa shape index (κ1) is 21.0. The van der Waals surface area contributed by atoms with Gasteiger partial charge in [0.1, 0.15) is 11.5 Å². The number of aliphatic hydroxyl groups excluding tert-OH is 2. The Bertz CT molecular complexity index is 875. The molecule has 1 fully saturated rings. The number of aliphatic hydroxyl groups is 2. The predicted molar refractivity (Wildman–Crippen MR) is 109 cm³/mol. The fraction of sp³-hybridized carbons (Fsp3) is 0.333. The summed E-state index contributed by atoms with van der Waals surface area (Å²) in [6, 6.07) is 9.70. The zero-order valence-electron chi connectivity index (χ0n) is 16.0. The molecule has 1 atom stereocenters. The highest BCUT2D eigenvalue weighted by Gasteiger charge is 2.46. The second-order valence-electron chi connectivity index (χ2n) is 6.30. The molecule has 154 valence electrons. The summed E-state index contributed by atoms with van der Waals surface area (Å²) in [6.07, 6.45) is 0. The minimum Gasteiger partial charge on any atom is -0.507 e. The molecule has 1 aromatic carbocycles. The summed E-state index contributed by atoms with van der Waals surface area (Å²) >= 11 is 1.40. The van der Waals surface area contributed by atoms with Crippen LogP contribution in [0.3, 0.4) is 0 Å². The number of thiophene rings is 1. The standard InChI is InChI=1S/C21H23NO6S/c1-2-28-15-7-5-14(6-8-15)19(24)17-18(16-4-3-13-29-16)22(21(26)20(17)25)9-11-27-12-10-23/h3-8,13,18,23-24H,2,9-12H2,1H3/b19-17+/t18-/m1/s1. The number of carbonyl (C=O) groups excluding carboxylic acids is 2. The van der Waals surface area contributed by atoms with Gasteiger partial charge in [-0.3, -0.25) is 9.59 Å². The average molecular weight is 417 g/mol. The van der Waals surface area contributed by atoms with Gasteiger partial charge in [-0.1, -0.05) is 6.07 Å². The Labute approximate surface area is 172 Å². The SMILES string of the molecule is CCOc1ccc(/C(O)=C2\C(=O)C(=O)N(CCOCCO)[C@@H]2c2cccs2)cc1. The number of nitrogens with zero attached hydrogens (tertiary/aromatic N) is 1. The van der Waals surface area contributed by atoms with Gasteiger partial charge in [-0.05, 0) is 42.6 Å². The fourth-order valence-electron chi connectivity index (χ4n) is 3.21. The molecule has 0 spiro atoms. The van der Waals surface area contributed by atoms with Crippen molar-refractivity contribution in [3.05, 3.63) is 57.8 Å². The molecule has 0 unspecified atom stereocenters. The van der Waals surface area contributed by atoms with Gasteiger partial charge in [-0.15, -0.1) is 11.3 Å². The molecule has 0 saturated carbocycles. The first-order valence-electron chi connectivity index (χ1n) is 9.32. The summed E-state index contributed by atoms with van der Waals surface area (Å²) in [6.45, 7) is 2.78. The molecular formula is C21H23NO6S. The van der Waals surface area contributed by atoms with Gasteiger partial charge in [0.25, 0.3) is 11.7 Å². The van der Waals surface area contributed by atoms with E-state index in [0.717, 1.165) is 4.88 Å². The van der Waals surface area contributed by atoms with Crippen LogP contribution < -0.4 is 4.74 Å². The number of ketones is 1. The van der Waals surface area contributed by atoms with Crippen LogP contribution in [0.25, 0.3) is 5.76 Å². The van der Waals surface area contributed by atoms with Crippen LogP contribution in [0.2, 0.25) is 0 Å². The van der Waals surface area contributed by atoms with Gasteiger partial charge < -0.3 is 24.6 Å². The first-order chi connectivity index (χ1) is 14.1. The molecule has 1 amide bonds. The second kappa shape index (κ2) is 9.69. The number of amides is 1. The Morgan fingerprint density at radius 1 is 1.17 bits per heavy atom. The smallest absolute Gasteiger partial charge is 0.295 e. The third-order valence-electron chi connectivity index (χ3n) is 4.50. The summed E-state index contributed by atoms with van der Waals surface area (Å²) in [4.78, 5) is 27.6. The van der Waals surface area contributed by atoms with Gasteiger partial charge in [0, 0.05) is 17.0 Å². The molecule has 0 aliphatic carbocycles. The molecule has 2 N–H and O–H groups in total. The van der Waals surface area contributed by atoms with Crippen molar-refractivity contribution in [2.24, 2.45) is 0 Å². The topological polar surface area (TPSA) is 96.3 Å². The van der Waals surface area contributed by atoms with Crippen molar-refractivity contribution < 1.29 is 29.3 Å². The molecule has 8 heteroatoms. The van der Waals surface area contributed by atoms with Gasteiger partial charge in [-0.2, -0.15) is 0 Å². The molecular weight excluding hydrogens is 394 g/mol.